The van der Waals surface area contributed by atoms with Crippen molar-refractivity contribution < 1.29 is 5.11 Å². The van der Waals surface area contributed by atoms with Gasteiger partial charge in [-0.15, -0.1) is 6.58 Å². The summed E-state index contributed by atoms with van der Waals surface area (Å²) in [6, 6.07) is 10.5. The van der Waals surface area contributed by atoms with Gasteiger partial charge >= 0.3 is 0 Å². The van der Waals surface area contributed by atoms with Gasteiger partial charge in [0.2, 0.25) is 0 Å². The van der Waals surface area contributed by atoms with Gasteiger partial charge in [0.15, 0.2) is 0 Å². The van der Waals surface area contributed by atoms with E-state index < -0.39 is 0 Å². The van der Waals surface area contributed by atoms with Gasteiger partial charge in [-0.05, 0) is 17.9 Å². The van der Waals surface area contributed by atoms with Crippen molar-refractivity contribution in [3.63, 3.8) is 0 Å². The number of benzene rings is 1. The van der Waals surface area contributed by atoms with E-state index in [0.717, 1.165) is 18.4 Å². The number of aliphatic hydroxyl groups is 1. The summed E-state index contributed by atoms with van der Waals surface area (Å²) in [5, 5.41) is 13.1. The molecule has 0 aliphatic heterocycles. The lowest BCUT2D eigenvalue weighted by atomic mass is 9.95. The first-order valence-corrected chi connectivity index (χ1v) is 6.77. The molecule has 0 aromatic heterocycles. The summed E-state index contributed by atoms with van der Waals surface area (Å²) in [6.07, 6.45) is 4.20. The van der Waals surface area contributed by atoms with Crippen LogP contribution in [0.5, 0.6) is 0 Å². The Morgan fingerprint density at radius 3 is 2.50 bits per heavy atom. The molecule has 1 unspecified atom stereocenters. The standard InChI is InChI=1S/C16H25NO/c1-4-9-15(13(3)5-2)17-16(12-18)14-10-7-6-8-11-14/h5-8,10-11,13,15-18H,2,4,9,12H2,1,3H3/t13?,15-,16-/m0/s1. The Morgan fingerprint density at radius 1 is 1.33 bits per heavy atom. The van der Waals surface area contributed by atoms with Gasteiger partial charge in [0.05, 0.1) is 12.6 Å². The minimum absolute atomic E-state index is 0.00477. The highest BCUT2D eigenvalue weighted by atomic mass is 16.3. The summed E-state index contributed by atoms with van der Waals surface area (Å²) in [7, 11) is 0. The molecule has 0 fully saturated rings. The Bertz CT molecular complexity index is 336. The van der Waals surface area contributed by atoms with Crippen LogP contribution in [-0.4, -0.2) is 17.8 Å². The zero-order chi connectivity index (χ0) is 13.4. The third-order valence-electron chi connectivity index (χ3n) is 3.41. The molecule has 2 heteroatoms. The van der Waals surface area contributed by atoms with Crippen molar-refractivity contribution in [3.8, 4) is 0 Å². The second kappa shape index (κ2) is 8.06. The molecule has 0 aliphatic rings. The molecule has 2 nitrogen and oxygen atoms in total. The van der Waals surface area contributed by atoms with Crippen molar-refractivity contribution >= 4 is 0 Å². The fourth-order valence-corrected chi connectivity index (χ4v) is 2.17. The molecule has 0 heterocycles. The summed E-state index contributed by atoms with van der Waals surface area (Å²) in [5.41, 5.74) is 1.14. The second-order valence-corrected chi connectivity index (χ2v) is 4.80. The van der Waals surface area contributed by atoms with E-state index in [9.17, 15) is 5.11 Å². The smallest absolute Gasteiger partial charge is 0.0626 e. The van der Waals surface area contributed by atoms with Crippen molar-refractivity contribution in [1.29, 1.82) is 0 Å². The summed E-state index contributed by atoms with van der Waals surface area (Å²) in [6.45, 7) is 8.33. The number of hydrogen-bond donors (Lipinski definition) is 2. The fourth-order valence-electron chi connectivity index (χ4n) is 2.17. The lowest BCUT2D eigenvalue weighted by molar-refractivity contribution is 0.221. The molecule has 0 aliphatic carbocycles. The molecule has 3 atom stereocenters. The maximum Gasteiger partial charge on any atom is 0.0626 e. The topological polar surface area (TPSA) is 32.3 Å². The minimum atomic E-state index is 0.00477. The quantitative estimate of drug-likeness (QED) is 0.691. The minimum Gasteiger partial charge on any atom is -0.394 e. The monoisotopic (exact) mass is 247 g/mol. The van der Waals surface area contributed by atoms with Gasteiger partial charge in [-0.2, -0.15) is 0 Å². The molecule has 1 aromatic carbocycles. The van der Waals surface area contributed by atoms with E-state index in [4.69, 9.17) is 0 Å². The number of hydrogen-bond acceptors (Lipinski definition) is 2. The van der Waals surface area contributed by atoms with Crippen LogP contribution in [0.1, 0.15) is 38.3 Å². The van der Waals surface area contributed by atoms with Crippen molar-refractivity contribution in [3.05, 3.63) is 48.6 Å². The molecule has 0 spiro atoms. The Labute approximate surface area is 111 Å². The van der Waals surface area contributed by atoms with Crippen molar-refractivity contribution in [2.45, 2.75) is 38.8 Å². The van der Waals surface area contributed by atoms with Gasteiger partial charge in [0.1, 0.15) is 0 Å². The zero-order valence-electron chi connectivity index (χ0n) is 11.5. The Hall–Kier alpha value is -1.12. The molecule has 18 heavy (non-hydrogen) atoms. The molecule has 1 rings (SSSR count). The molecule has 0 bridgehead atoms. The van der Waals surface area contributed by atoms with Crippen LogP contribution in [0.15, 0.2) is 43.0 Å². The van der Waals surface area contributed by atoms with Crippen LogP contribution in [0, 0.1) is 5.92 Å². The Morgan fingerprint density at radius 2 is 2.00 bits per heavy atom. The summed E-state index contributed by atoms with van der Waals surface area (Å²) < 4.78 is 0. The summed E-state index contributed by atoms with van der Waals surface area (Å²) >= 11 is 0. The van der Waals surface area contributed by atoms with E-state index in [0.29, 0.717) is 12.0 Å². The molecule has 2 N–H and O–H groups in total. The second-order valence-electron chi connectivity index (χ2n) is 4.80. The maximum absolute atomic E-state index is 9.56. The van der Waals surface area contributed by atoms with Gasteiger partial charge in [-0.1, -0.05) is 56.7 Å². The van der Waals surface area contributed by atoms with Crippen LogP contribution in [-0.2, 0) is 0 Å². The number of rotatable bonds is 8. The van der Waals surface area contributed by atoms with Gasteiger partial charge in [0, 0.05) is 6.04 Å². The highest BCUT2D eigenvalue weighted by Crippen LogP contribution is 2.18. The Kier molecular flexibility index (Phi) is 6.69. The van der Waals surface area contributed by atoms with Crippen LogP contribution in [0.25, 0.3) is 0 Å². The molecule has 100 valence electrons. The predicted octanol–water partition coefficient (Wildman–Crippen LogP) is 3.30. The molecular formula is C16H25NO. The van der Waals surface area contributed by atoms with Gasteiger partial charge < -0.3 is 10.4 Å². The first-order valence-electron chi connectivity index (χ1n) is 6.77. The molecular weight excluding hydrogens is 222 g/mol. The highest BCUT2D eigenvalue weighted by molar-refractivity contribution is 5.19. The number of nitrogens with one attached hydrogen (secondary N) is 1. The third kappa shape index (κ3) is 4.28. The molecule has 0 radical (unpaired) electrons. The van der Waals surface area contributed by atoms with Crippen molar-refractivity contribution in [2.24, 2.45) is 5.92 Å². The van der Waals surface area contributed by atoms with Crippen molar-refractivity contribution in [1.82, 2.24) is 5.32 Å². The highest BCUT2D eigenvalue weighted by Gasteiger charge is 2.19. The average molecular weight is 247 g/mol. The van der Waals surface area contributed by atoms with E-state index in [2.05, 4.69) is 37.9 Å². The van der Waals surface area contributed by atoms with Crippen LogP contribution in [0.2, 0.25) is 0 Å². The van der Waals surface area contributed by atoms with E-state index in [-0.39, 0.29) is 12.6 Å². The lowest BCUT2D eigenvalue weighted by Gasteiger charge is -2.28. The molecule has 0 saturated heterocycles. The summed E-state index contributed by atoms with van der Waals surface area (Å²) in [5.74, 6) is 0.405. The zero-order valence-corrected chi connectivity index (χ0v) is 11.5. The Balaban J connectivity index is 2.73. The maximum atomic E-state index is 9.56. The van der Waals surface area contributed by atoms with E-state index in [1.165, 1.54) is 0 Å². The summed E-state index contributed by atoms with van der Waals surface area (Å²) in [4.78, 5) is 0. The normalized spacial score (nSPS) is 15.9. The van der Waals surface area contributed by atoms with Crippen molar-refractivity contribution in [2.75, 3.05) is 6.61 Å². The molecule has 1 aromatic rings. The fraction of sp³-hybridized carbons (Fsp3) is 0.500. The SMILES string of the molecule is C=CC(C)[C@H](CCC)N[C@@H](CO)c1ccccc1. The van der Waals surface area contributed by atoms with Gasteiger partial charge in [-0.3, -0.25) is 0 Å². The first-order chi connectivity index (χ1) is 8.72. The van der Waals surface area contributed by atoms with Gasteiger partial charge in [-0.25, -0.2) is 0 Å². The predicted molar refractivity (Wildman–Crippen MR) is 77.5 cm³/mol. The third-order valence-corrected chi connectivity index (χ3v) is 3.41. The van der Waals surface area contributed by atoms with Crippen LogP contribution < -0.4 is 5.32 Å². The average Bonchev–Trinajstić information content (AvgIpc) is 2.43. The van der Waals surface area contributed by atoms with E-state index >= 15 is 0 Å². The van der Waals surface area contributed by atoms with E-state index in [1.54, 1.807) is 0 Å². The lowest BCUT2D eigenvalue weighted by Crippen LogP contribution is -2.38. The first kappa shape index (κ1) is 14.9. The van der Waals surface area contributed by atoms with Crippen LogP contribution >= 0.6 is 0 Å². The largest absolute Gasteiger partial charge is 0.394 e. The number of aliphatic hydroxyl groups excluding tert-OH is 1. The van der Waals surface area contributed by atoms with Crippen LogP contribution in [0.4, 0.5) is 0 Å². The van der Waals surface area contributed by atoms with Crippen LogP contribution in [0.3, 0.4) is 0 Å². The molecule has 0 amide bonds. The van der Waals surface area contributed by atoms with Gasteiger partial charge in [0.25, 0.3) is 0 Å². The molecule has 0 saturated carbocycles. The van der Waals surface area contributed by atoms with E-state index in [1.807, 2.05) is 24.3 Å².